The molecule has 214 valence electrons. The minimum Gasteiger partial charge on any atom is -0.481 e. The van der Waals surface area contributed by atoms with E-state index in [4.69, 9.17) is 16.7 Å². The maximum absolute atomic E-state index is 13.9. The Kier molecular flexibility index (Phi) is 10.6. The number of anilines is 1. The Hall–Kier alpha value is -3.47. The lowest BCUT2D eigenvalue weighted by atomic mass is 9.85. The molecule has 1 heterocycles. The molecule has 0 aromatic heterocycles. The molecule has 2 rings (SSSR count). The molecule has 5 atom stereocenters. The van der Waals surface area contributed by atoms with Crippen molar-refractivity contribution in [3.63, 3.8) is 0 Å². The molecular formula is C27H37ClN4O7. The second-order valence-corrected chi connectivity index (χ2v) is 11.4. The zero-order chi connectivity index (χ0) is 29.7. The number of hydrogen-bond acceptors (Lipinski definition) is 6. The fraction of sp³-hybridized carbons (Fsp3) is 0.556. The third kappa shape index (κ3) is 8.01. The van der Waals surface area contributed by atoms with Gasteiger partial charge < -0.3 is 30.8 Å². The predicted octanol–water partition coefficient (Wildman–Crippen LogP) is 2.62. The van der Waals surface area contributed by atoms with E-state index in [1.807, 2.05) is 0 Å². The van der Waals surface area contributed by atoms with E-state index in [0.717, 1.165) is 0 Å². The van der Waals surface area contributed by atoms with E-state index in [9.17, 15) is 28.8 Å². The third-order valence-corrected chi connectivity index (χ3v) is 6.96. The number of likely N-dealkylation sites (tertiary alicyclic amines) is 1. The smallest absolute Gasteiger partial charge is 0.305 e. The molecule has 11 nitrogen and oxygen atoms in total. The van der Waals surface area contributed by atoms with Gasteiger partial charge in [0.25, 0.3) is 5.91 Å². The quantitative estimate of drug-likeness (QED) is 0.317. The zero-order valence-electron chi connectivity index (χ0n) is 23.0. The van der Waals surface area contributed by atoms with Crippen molar-refractivity contribution >= 4 is 53.2 Å². The summed E-state index contributed by atoms with van der Waals surface area (Å²) in [4.78, 5) is 75.8. The van der Waals surface area contributed by atoms with Crippen LogP contribution >= 0.6 is 11.6 Å². The molecule has 0 aliphatic carbocycles. The van der Waals surface area contributed by atoms with Crippen LogP contribution in [0, 0.1) is 11.3 Å². The lowest BCUT2D eigenvalue weighted by molar-refractivity contribution is -0.145. The Morgan fingerprint density at radius 2 is 1.79 bits per heavy atom. The van der Waals surface area contributed by atoms with Gasteiger partial charge in [0.2, 0.25) is 17.7 Å². The Morgan fingerprint density at radius 3 is 2.31 bits per heavy atom. The van der Waals surface area contributed by atoms with Gasteiger partial charge in [-0.25, -0.2) is 0 Å². The molecule has 4 N–H and O–H groups in total. The largest absolute Gasteiger partial charge is 0.481 e. The van der Waals surface area contributed by atoms with E-state index >= 15 is 0 Å². The van der Waals surface area contributed by atoms with Crippen molar-refractivity contribution in [3.8, 4) is 0 Å². The molecule has 4 unspecified atom stereocenters. The average Bonchev–Trinajstić information content (AvgIpc) is 3.14. The van der Waals surface area contributed by atoms with Gasteiger partial charge in [-0.15, -0.1) is 0 Å². The highest BCUT2D eigenvalue weighted by Crippen LogP contribution is 2.33. The molecule has 12 heteroatoms. The summed E-state index contributed by atoms with van der Waals surface area (Å²) in [6.07, 6.45) is 0.531. The van der Waals surface area contributed by atoms with Gasteiger partial charge in [0, 0.05) is 18.0 Å². The van der Waals surface area contributed by atoms with Crippen molar-refractivity contribution in [2.75, 3.05) is 5.32 Å². The number of rotatable bonds is 10. The summed E-state index contributed by atoms with van der Waals surface area (Å²) in [6, 6.07) is 0.802. The molecular weight excluding hydrogens is 528 g/mol. The van der Waals surface area contributed by atoms with Crippen molar-refractivity contribution in [1.82, 2.24) is 15.5 Å². The van der Waals surface area contributed by atoms with Crippen molar-refractivity contribution in [2.24, 2.45) is 11.3 Å². The van der Waals surface area contributed by atoms with Crippen molar-refractivity contribution in [1.29, 1.82) is 0 Å². The van der Waals surface area contributed by atoms with Gasteiger partial charge in [0.05, 0.1) is 23.2 Å². The fourth-order valence-corrected chi connectivity index (χ4v) is 4.89. The first-order chi connectivity index (χ1) is 18.1. The number of carboxylic acid groups (broad SMARTS) is 1. The van der Waals surface area contributed by atoms with Crippen LogP contribution in [-0.4, -0.2) is 70.1 Å². The Balaban J connectivity index is 2.31. The van der Waals surface area contributed by atoms with E-state index in [2.05, 4.69) is 16.0 Å². The summed E-state index contributed by atoms with van der Waals surface area (Å²) in [5.74, 6) is -3.43. The summed E-state index contributed by atoms with van der Waals surface area (Å²) < 4.78 is 0. The van der Waals surface area contributed by atoms with Crippen LogP contribution in [0.2, 0.25) is 5.02 Å². The predicted molar refractivity (Wildman–Crippen MR) is 145 cm³/mol. The highest BCUT2D eigenvalue weighted by Gasteiger charge is 2.48. The number of carbonyl (C=O) groups is 6. The van der Waals surface area contributed by atoms with Crippen LogP contribution in [0.5, 0.6) is 0 Å². The second kappa shape index (κ2) is 13.1. The number of halogens is 1. The van der Waals surface area contributed by atoms with Crippen molar-refractivity contribution < 1.29 is 33.9 Å². The zero-order valence-corrected chi connectivity index (χ0v) is 23.8. The summed E-state index contributed by atoms with van der Waals surface area (Å²) in [6.45, 7) is 10.6. The summed E-state index contributed by atoms with van der Waals surface area (Å²) >= 11 is 6.27. The minimum atomic E-state index is -1.25. The molecule has 1 aliphatic rings. The molecule has 0 radical (unpaired) electrons. The first kappa shape index (κ1) is 31.7. The topological polar surface area (TPSA) is 162 Å². The molecule has 0 bridgehead atoms. The normalized spacial score (nSPS) is 20.5. The molecule has 1 aromatic carbocycles. The number of carbonyl (C=O) groups excluding carboxylic acids is 5. The number of aldehydes is 1. The number of hydrogen-bond donors (Lipinski definition) is 4. The minimum absolute atomic E-state index is 0.160. The maximum atomic E-state index is 13.9. The van der Waals surface area contributed by atoms with E-state index in [1.54, 1.807) is 41.5 Å². The number of nitrogens with one attached hydrogen (secondary N) is 3. The molecule has 1 aliphatic heterocycles. The Morgan fingerprint density at radius 1 is 1.15 bits per heavy atom. The Bertz CT molecular complexity index is 1130. The van der Waals surface area contributed by atoms with Gasteiger partial charge in [-0.05, 0) is 42.9 Å². The van der Waals surface area contributed by atoms with Crippen LogP contribution in [0.4, 0.5) is 5.69 Å². The van der Waals surface area contributed by atoms with E-state index in [-0.39, 0.29) is 34.9 Å². The van der Waals surface area contributed by atoms with Gasteiger partial charge in [-0.3, -0.25) is 24.0 Å². The Labute approximate surface area is 233 Å². The van der Waals surface area contributed by atoms with Crippen LogP contribution in [-0.2, 0) is 24.0 Å². The highest BCUT2D eigenvalue weighted by molar-refractivity contribution is 6.34. The second-order valence-electron chi connectivity index (χ2n) is 11.0. The first-order valence-electron chi connectivity index (χ1n) is 12.8. The monoisotopic (exact) mass is 564 g/mol. The third-order valence-electron chi connectivity index (χ3n) is 6.65. The lowest BCUT2D eigenvalue weighted by Crippen LogP contribution is -2.60. The van der Waals surface area contributed by atoms with Crippen molar-refractivity contribution in [2.45, 2.75) is 85.0 Å². The summed E-state index contributed by atoms with van der Waals surface area (Å²) in [7, 11) is 0. The van der Waals surface area contributed by atoms with Crippen LogP contribution in [0.25, 0.3) is 0 Å². The summed E-state index contributed by atoms with van der Waals surface area (Å²) in [5, 5.41) is 17.0. The van der Waals surface area contributed by atoms with Gasteiger partial charge >= 0.3 is 5.97 Å². The van der Waals surface area contributed by atoms with Gasteiger partial charge in [-0.1, -0.05) is 46.2 Å². The standard InChI is InChI=1S/C27H37ClN4O7/c1-7-20(34)30-19-9-8-16(11-18(19)28)24(37)31-23(27(4,5)6)26(39)32-15(3)10-14(2)22(32)25(38)29-17(13-33)12-21(35)36/h8-9,11,13-15,17,22-23H,7,10,12H2,1-6H3,(H,29,38)(H,30,34)(H,31,37)(H,35,36)/t14?,15?,17-,22?,23?/m0/s1. The summed E-state index contributed by atoms with van der Waals surface area (Å²) in [5.41, 5.74) is -0.225. The fourth-order valence-electron chi connectivity index (χ4n) is 4.67. The van der Waals surface area contributed by atoms with E-state index < -0.39 is 53.7 Å². The van der Waals surface area contributed by atoms with Crippen LogP contribution in [0.3, 0.4) is 0 Å². The van der Waals surface area contributed by atoms with Gasteiger partial charge in [-0.2, -0.15) is 0 Å². The molecule has 1 saturated heterocycles. The molecule has 1 fully saturated rings. The highest BCUT2D eigenvalue weighted by atomic mass is 35.5. The van der Waals surface area contributed by atoms with Crippen LogP contribution in [0.15, 0.2) is 18.2 Å². The van der Waals surface area contributed by atoms with Crippen molar-refractivity contribution in [3.05, 3.63) is 28.8 Å². The molecule has 4 amide bonds. The van der Waals surface area contributed by atoms with Crippen LogP contribution in [0.1, 0.15) is 71.2 Å². The lowest BCUT2D eigenvalue weighted by Gasteiger charge is -2.37. The molecule has 1 aromatic rings. The molecule has 0 saturated carbocycles. The van der Waals surface area contributed by atoms with Gasteiger partial charge in [0.15, 0.2) is 0 Å². The molecule has 39 heavy (non-hydrogen) atoms. The maximum Gasteiger partial charge on any atom is 0.305 e. The average molecular weight is 565 g/mol. The SMILES string of the molecule is CCC(=O)Nc1ccc(C(=O)NC(C(=O)N2C(C)CC(C)C2C(=O)N[C@H](C=O)CC(=O)O)C(C)(C)C)cc1Cl. The van der Waals surface area contributed by atoms with E-state index in [1.165, 1.54) is 23.1 Å². The van der Waals surface area contributed by atoms with Crippen LogP contribution < -0.4 is 16.0 Å². The number of amides is 4. The first-order valence-corrected chi connectivity index (χ1v) is 13.2. The number of nitrogens with zero attached hydrogens (tertiary/aromatic N) is 1. The van der Waals surface area contributed by atoms with E-state index in [0.29, 0.717) is 18.4 Å². The number of benzene rings is 1. The molecule has 0 spiro atoms. The number of carboxylic acids is 1. The van der Waals surface area contributed by atoms with Gasteiger partial charge in [0.1, 0.15) is 18.4 Å². The number of aliphatic carboxylic acids is 1.